The SMILES string of the molecule is COC(CNC(=O)Cc1ccc(N)cc1)C(C)C. The monoisotopic (exact) mass is 250 g/mol. The van der Waals surface area contributed by atoms with Gasteiger partial charge in [-0.1, -0.05) is 26.0 Å². The number of amides is 1. The number of nitrogens with two attached hydrogens (primary N) is 1. The maximum atomic E-state index is 11.7. The molecule has 0 saturated carbocycles. The second-order valence-electron chi connectivity index (χ2n) is 4.74. The minimum atomic E-state index is 0.00229. The van der Waals surface area contributed by atoms with E-state index in [4.69, 9.17) is 10.5 Å². The van der Waals surface area contributed by atoms with E-state index in [1.165, 1.54) is 0 Å². The van der Waals surface area contributed by atoms with Crippen LogP contribution < -0.4 is 11.1 Å². The Hall–Kier alpha value is -1.55. The number of methoxy groups -OCH3 is 1. The van der Waals surface area contributed by atoms with Crippen LogP contribution in [0.4, 0.5) is 5.69 Å². The van der Waals surface area contributed by atoms with E-state index in [2.05, 4.69) is 19.2 Å². The number of benzene rings is 1. The van der Waals surface area contributed by atoms with Crippen LogP contribution in [0.3, 0.4) is 0 Å². The average molecular weight is 250 g/mol. The van der Waals surface area contributed by atoms with Crippen LogP contribution >= 0.6 is 0 Å². The topological polar surface area (TPSA) is 64.3 Å². The molecule has 18 heavy (non-hydrogen) atoms. The van der Waals surface area contributed by atoms with Crippen molar-refractivity contribution in [1.82, 2.24) is 5.32 Å². The van der Waals surface area contributed by atoms with Gasteiger partial charge in [0.25, 0.3) is 0 Å². The highest BCUT2D eigenvalue weighted by molar-refractivity contribution is 5.78. The third-order valence-electron chi connectivity index (χ3n) is 2.89. The number of rotatable bonds is 6. The fraction of sp³-hybridized carbons (Fsp3) is 0.500. The van der Waals surface area contributed by atoms with Crippen LogP contribution in [0.1, 0.15) is 19.4 Å². The Morgan fingerprint density at radius 3 is 2.44 bits per heavy atom. The van der Waals surface area contributed by atoms with E-state index in [0.29, 0.717) is 24.6 Å². The second-order valence-corrected chi connectivity index (χ2v) is 4.74. The molecule has 0 saturated heterocycles. The van der Waals surface area contributed by atoms with Crippen LogP contribution in [0.2, 0.25) is 0 Å². The first kappa shape index (κ1) is 14.5. The smallest absolute Gasteiger partial charge is 0.224 e. The molecule has 100 valence electrons. The number of hydrogen-bond donors (Lipinski definition) is 2. The lowest BCUT2D eigenvalue weighted by Crippen LogP contribution is -2.36. The largest absolute Gasteiger partial charge is 0.399 e. The van der Waals surface area contributed by atoms with Crippen LogP contribution in [-0.2, 0) is 16.0 Å². The van der Waals surface area contributed by atoms with E-state index >= 15 is 0 Å². The van der Waals surface area contributed by atoms with Gasteiger partial charge in [-0.3, -0.25) is 4.79 Å². The molecule has 1 rings (SSSR count). The van der Waals surface area contributed by atoms with Crippen molar-refractivity contribution in [1.29, 1.82) is 0 Å². The third kappa shape index (κ3) is 4.75. The number of nitrogen functional groups attached to an aromatic ring is 1. The molecule has 0 radical (unpaired) electrons. The summed E-state index contributed by atoms with van der Waals surface area (Å²) in [6, 6.07) is 7.33. The van der Waals surface area contributed by atoms with Crippen molar-refractivity contribution in [3.8, 4) is 0 Å². The fourth-order valence-corrected chi connectivity index (χ4v) is 1.69. The minimum Gasteiger partial charge on any atom is -0.399 e. The Kier molecular flexibility index (Phi) is 5.65. The number of nitrogens with one attached hydrogen (secondary N) is 1. The van der Waals surface area contributed by atoms with E-state index < -0.39 is 0 Å². The van der Waals surface area contributed by atoms with Gasteiger partial charge in [0.05, 0.1) is 12.5 Å². The molecule has 0 aliphatic rings. The van der Waals surface area contributed by atoms with Gasteiger partial charge in [-0.2, -0.15) is 0 Å². The molecule has 1 atom stereocenters. The molecule has 0 bridgehead atoms. The summed E-state index contributed by atoms with van der Waals surface area (Å²) in [5, 5.41) is 2.88. The Morgan fingerprint density at radius 2 is 1.94 bits per heavy atom. The van der Waals surface area contributed by atoms with E-state index in [1.807, 2.05) is 12.1 Å². The number of anilines is 1. The molecule has 3 N–H and O–H groups in total. The molecule has 1 aromatic rings. The highest BCUT2D eigenvalue weighted by atomic mass is 16.5. The Morgan fingerprint density at radius 1 is 1.33 bits per heavy atom. The fourth-order valence-electron chi connectivity index (χ4n) is 1.69. The summed E-state index contributed by atoms with van der Waals surface area (Å²) in [6.07, 6.45) is 0.426. The number of carbonyl (C=O) groups excluding carboxylic acids is 1. The predicted octanol–water partition coefficient (Wildman–Crippen LogP) is 1.60. The second kappa shape index (κ2) is 7.01. The highest BCUT2D eigenvalue weighted by Crippen LogP contribution is 2.07. The van der Waals surface area contributed by atoms with Gasteiger partial charge in [-0.25, -0.2) is 0 Å². The van der Waals surface area contributed by atoms with Gasteiger partial charge < -0.3 is 15.8 Å². The van der Waals surface area contributed by atoms with Crippen LogP contribution in [0.15, 0.2) is 24.3 Å². The molecule has 4 nitrogen and oxygen atoms in total. The first-order valence-electron chi connectivity index (χ1n) is 6.17. The number of carbonyl (C=O) groups is 1. The Bertz CT molecular complexity index is 374. The zero-order chi connectivity index (χ0) is 13.5. The lowest BCUT2D eigenvalue weighted by Gasteiger charge is -2.19. The van der Waals surface area contributed by atoms with Gasteiger partial charge >= 0.3 is 0 Å². The van der Waals surface area contributed by atoms with Gasteiger partial charge in [0.1, 0.15) is 0 Å². The van der Waals surface area contributed by atoms with Crippen molar-refractivity contribution in [3.05, 3.63) is 29.8 Å². The maximum absolute atomic E-state index is 11.7. The van der Waals surface area contributed by atoms with Crippen molar-refractivity contribution in [2.75, 3.05) is 19.4 Å². The lowest BCUT2D eigenvalue weighted by molar-refractivity contribution is -0.121. The number of ether oxygens (including phenoxy) is 1. The van der Waals surface area contributed by atoms with E-state index in [1.54, 1.807) is 19.2 Å². The summed E-state index contributed by atoms with van der Waals surface area (Å²) in [5.41, 5.74) is 7.26. The molecule has 1 aromatic carbocycles. The molecule has 1 unspecified atom stereocenters. The zero-order valence-corrected chi connectivity index (χ0v) is 11.3. The van der Waals surface area contributed by atoms with Gasteiger partial charge in [0, 0.05) is 19.3 Å². The van der Waals surface area contributed by atoms with Gasteiger partial charge in [-0.15, -0.1) is 0 Å². The minimum absolute atomic E-state index is 0.00229. The molecular weight excluding hydrogens is 228 g/mol. The molecule has 0 aromatic heterocycles. The quantitative estimate of drug-likeness (QED) is 0.754. The van der Waals surface area contributed by atoms with Crippen LogP contribution in [0.5, 0.6) is 0 Å². The van der Waals surface area contributed by atoms with Crippen LogP contribution in [0, 0.1) is 5.92 Å². The maximum Gasteiger partial charge on any atom is 0.224 e. The van der Waals surface area contributed by atoms with Gasteiger partial charge in [0.2, 0.25) is 5.91 Å². The first-order valence-corrected chi connectivity index (χ1v) is 6.17. The molecule has 0 aliphatic heterocycles. The summed E-state index contributed by atoms with van der Waals surface area (Å²) in [4.78, 5) is 11.7. The first-order chi connectivity index (χ1) is 8.52. The third-order valence-corrected chi connectivity index (χ3v) is 2.89. The summed E-state index contributed by atoms with van der Waals surface area (Å²) >= 11 is 0. The van der Waals surface area contributed by atoms with Crippen molar-refractivity contribution in [3.63, 3.8) is 0 Å². The number of hydrogen-bond acceptors (Lipinski definition) is 3. The predicted molar refractivity (Wildman–Crippen MR) is 73.2 cm³/mol. The molecule has 0 heterocycles. The van der Waals surface area contributed by atoms with Crippen molar-refractivity contribution >= 4 is 11.6 Å². The molecule has 4 heteroatoms. The van der Waals surface area contributed by atoms with E-state index in [0.717, 1.165) is 5.56 Å². The Labute approximate surface area is 109 Å². The highest BCUT2D eigenvalue weighted by Gasteiger charge is 2.13. The van der Waals surface area contributed by atoms with Crippen LogP contribution in [-0.4, -0.2) is 25.7 Å². The summed E-state index contributed by atoms with van der Waals surface area (Å²) in [5.74, 6) is 0.384. The summed E-state index contributed by atoms with van der Waals surface area (Å²) in [6.45, 7) is 4.68. The Balaban J connectivity index is 2.40. The van der Waals surface area contributed by atoms with Crippen LogP contribution in [0.25, 0.3) is 0 Å². The normalized spacial score (nSPS) is 12.4. The van der Waals surface area contributed by atoms with Crippen molar-refractivity contribution in [2.45, 2.75) is 26.4 Å². The molecule has 0 fully saturated rings. The van der Waals surface area contributed by atoms with Gasteiger partial charge in [0.15, 0.2) is 0 Å². The van der Waals surface area contributed by atoms with Crippen molar-refractivity contribution in [2.24, 2.45) is 5.92 Å². The summed E-state index contributed by atoms with van der Waals surface area (Å²) in [7, 11) is 1.66. The van der Waals surface area contributed by atoms with Crippen molar-refractivity contribution < 1.29 is 9.53 Å². The standard InChI is InChI=1S/C14H22N2O2/c1-10(2)13(18-3)9-16-14(17)8-11-4-6-12(15)7-5-11/h4-7,10,13H,8-9,15H2,1-3H3,(H,16,17). The van der Waals surface area contributed by atoms with Gasteiger partial charge in [-0.05, 0) is 23.6 Å². The molecular formula is C14H22N2O2. The zero-order valence-electron chi connectivity index (χ0n) is 11.3. The summed E-state index contributed by atoms with van der Waals surface area (Å²) < 4.78 is 5.30. The lowest BCUT2D eigenvalue weighted by atomic mass is 10.1. The molecule has 1 amide bonds. The van der Waals surface area contributed by atoms with E-state index in [-0.39, 0.29) is 12.0 Å². The molecule has 0 aliphatic carbocycles. The average Bonchev–Trinajstić information content (AvgIpc) is 2.32. The molecule has 0 spiro atoms. The van der Waals surface area contributed by atoms with E-state index in [9.17, 15) is 4.79 Å².